The largest absolute Gasteiger partial charge is 0.494 e. The molecule has 0 radical (unpaired) electrons. The number of carbonyl (C=O) groups is 1. The van der Waals surface area contributed by atoms with E-state index in [9.17, 15) is 4.79 Å². The first kappa shape index (κ1) is 7.17. The second kappa shape index (κ2) is 4.33. The van der Waals surface area contributed by atoms with Gasteiger partial charge in [-0.1, -0.05) is 0 Å². The number of rotatable bonds is 3. The zero-order chi connectivity index (χ0) is 6.41. The van der Waals surface area contributed by atoms with Gasteiger partial charge in [-0.15, -0.1) is 0 Å². The molecule has 8 heavy (non-hydrogen) atoms. The fraction of sp³-hybridized carbons (Fsp3) is 0.400. The average Bonchev–Trinajstić information content (AvgIpc) is 1.83. The minimum absolute atomic E-state index is 0.160. The highest BCUT2D eigenvalue weighted by Gasteiger charge is 1.86. The van der Waals surface area contributed by atoms with Gasteiger partial charge in [0.25, 0.3) is 0 Å². The molecule has 0 heterocycles. The fourth-order valence-corrected chi connectivity index (χ4v) is 0.270. The molecule has 46 valence electrons. The molecule has 0 aliphatic heterocycles. The van der Waals surface area contributed by atoms with Gasteiger partial charge in [0, 0.05) is 0 Å². The van der Waals surface area contributed by atoms with Crippen LogP contribution in [0.4, 0.5) is 0 Å². The van der Waals surface area contributed by atoms with Gasteiger partial charge < -0.3 is 9.84 Å². The Kier molecular flexibility index (Phi) is 3.88. The van der Waals surface area contributed by atoms with E-state index in [4.69, 9.17) is 5.11 Å². The summed E-state index contributed by atoms with van der Waals surface area (Å²) in [6.07, 6.45) is 1.82. The number of aliphatic hydroxyl groups excluding tert-OH is 1. The highest BCUT2D eigenvalue weighted by atomic mass is 16.5. The van der Waals surface area contributed by atoms with Gasteiger partial charge in [0.15, 0.2) is 12.0 Å². The number of aldehydes is 1. The quantitative estimate of drug-likeness (QED) is 0.313. The van der Waals surface area contributed by atoms with Gasteiger partial charge in [-0.3, -0.25) is 4.79 Å². The van der Waals surface area contributed by atoms with Crippen molar-refractivity contribution in [3.8, 4) is 0 Å². The Hall–Kier alpha value is -0.830. The smallest absolute Gasteiger partial charge is 0.184 e. The van der Waals surface area contributed by atoms with Crippen LogP contribution in [0.5, 0.6) is 0 Å². The topological polar surface area (TPSA) is 46.5 Å². The lowest BCUT2D eigenvalue weighted by atomic mass is 10.5. The van der Waals surface area contributed by atoms with Gasteiger partial charge in [0.1, 0.15) is 0 Å². The van der Waals surface area contributed by atoms with Crippen molar-refractivity contribution in [2.45, 2.75) is 0 Å². The molecule has 0 unspecified atom stereocenters. The Morgan fingerprint density at radius 1 is 1.88 bits per heavy atom. The Morgan fingerprint density at radius 2 is 2.50 bits per heavy atom. The zero-order valence-electron chi connectivity index (χ0n) is 4.63. The van der Waals surface area contributed by atoms with Crippen molar-refractivity contribution in [2.24, 2.45) is 0 Å². The summed E-state index contributed by atoms with van der Waals surface area (Å²) in [5.41, 5.74) is 0. The van der Waals surface area contributed by atoms with E-state index in [-0.39, 0.29) is 12.4 Å². The van der Waals surface area contributed by atoms with Gasteiger partial charge in [0.05, 0.1) is 13.7 Å². The van der Waals surface area contributed by atoms with Crippen LogP contribution in [0, 0.1) is 0 Å². The van der Waals surface area contributed by atoms with Gasteiger partial charge in [-0.05, 0) is 6.08 Å². The summed E-state index contributed by atoms with van der Waals surface area (Å²) in [7, 11) is 1.37. The summed E-state index contributed by atoms with van der Waals surface area (Å²) in [5, 5.41) is 8.18. The van der Waals surface area contributed by atoms with Crippen molar-refractivity contribution in [1.82, 2.24) is 0 Å². The van der Waals surface area contributed by atoms with Gasteiger partial charge in [-0.2, -0.15) is 0 Å². The van der Waals surface area contributed by atoms with E-state index in [0.717, 1.165) is 0 Å². The minimum atomic E-state index is -0.165. The maximum Gasteiger partial charge on any atom is 0.184 e. The molecule has 0 aromatic carbocycles. The van der Waals surface area contributed by atoms with E-state index in [1.54, 1.807) is 0 Å². The molecular weight excluding hydrogens is 108 g/mol. The number of aliphatic hydroxyl groups is 1. The van der Waals surface area contributed by atoms with Crippen LogP contribution < -0.4 is 0 Å². The minimum Gasteiger partial charge on any atom is -0.494 e. The molecule has 3 nitrogen and oxygen atoms in total. The first-order valence-corrected chi connectivity index (χ1v) is 2.15. The lowest BCUT2D eigenvalue weighted by Gasteiger charge is -1.92. The molecule has 0 rings (SSSR count). The number of hydrogen-bond acceptors (Lipinski definition) is 3. The van der Waals surface area contributed by atoms with E-state index in [2.05, 4.69) is 4.74 Å². The molecule has 0 amide bonds. The van der Waals surface area contributed by atoms with E-state index in [0.29, 0.717) is 6.29 Å². The zero-order valence-corrected chi connectivity index (χ0v) is 4.63. The van der Waals surface area contributed by atoms with Crippen molar-refractivity contribution < 1.29 is 14.6 Å². The molecule has 0 aromatic heterocycles. The van der Waals surface area contributed by atoms with Crippen LogP contribution in [0.2, 0.25) is 0 Å². The SMILES string of the molecule is CO/C(C=O)=C/CO. The average molecular weight is 116 g/mol. The van der Waals surface area contributed by atoms with Crippen molar-refractivity contribution in [3.63, 3.8) is 0 Å². The Morgan fingerprint density at radius 3 is 2.62 bits per heavy atom. The summed E-state index contributed by atoms with van der Waals surface area (Å²) < 4.78 is 4.47. The highest BCUT2D eigenvalue weighted by molar-refractivity contribution is 5.69. The predicted octanol–water partition coefficient (Wildman–Crippen LogP) is -0.292. The van der Waals surface area contributed by atoms with Crippen LogP contribution in [-0.2, 0) is 9.53 Å². The molecule has 0 aliphatic carbocycles. The van der Waals surface area contributed by atoms with Crippen molar-refractivity contribution in [3.05, 3.63) is 11.8 Å². The van der Waals surface area contributed by atoms with Crippen molar-refractivity contribution in [2.75, 3.05) is 13.7 Å². The summed E-state index contributed by atoms with van der Waals surface area (Å²) in [4.78, 5) is 9.82. The lowest BCUT2D eigenvalue weighted by Crippen LogP contribution is -1.88. The summed E-state index contributed by atoms with van der Waals surface area (Å²) in [6, 6.07) is 0. The molecule has 0 spiro atoms. The number of carbonyl (C=O) groups excluding carboxylic acids is 1. The molecule has 1 N–H and O–H groups in total. The maximum atomic E-state index is 9.82. The number of ether oxygens (including phenoxy) is 1. The van der Waals surface area contributed by atoms with E-state index in [1.165, 1.54) is 13.2 Å². The molecule has 0 fully saturated rings. The third-order valence-electron chi connectivity index (χ3n) is 0.644. The lowest BCUT2D eigenvalue weighted by molar-refractivity contribution is -0.107. The fourth-order valence-electron chi connectivity index (χ4n) is 0.270. The van der Waals surface area contributed by atoms with E-state index >= 15 is 0 Å². The van der Waals surface area contributed by atoms with E-state index in [1.807, 2.05) is 0 Å². The maximum absolute atomic E-state index is 9.82. The first-order chi connectivity index (χ1) is 3.85. The highest BCUT2D eigenvalue weighted by Crippen LogP contribution is 1.86. The molecule has 0 saturated heterocycles. The van der Waals surface area contributed by atoms with Crippen LogP contribution in [0.25, 0.3) is 0 Å². The van der Waals surface area contributed by atoms with Gasteiger partial charge in [-0.25, -0.2) is 0 Å². The predicted molar refractivity (Wildman–Crippen MR) is 28.2 cm³/mol. The second-order valence-corrected chi connectivity index (χ2v) is 1.11. The van der Waals surface area contributed by atoms with E-state index < -0.39 is 0 Å². The van der Waals surface area contributed by atoms with Crippen LogP contribution in [0.15, 0.2) is 11.8 Å². The Balaban J connectivity index is 3.66. The molecule has 0 aromatic rings. The number of hydrogen-bond donors (Lipinski definition) is 1. The van der Waals surface area contributed by atoms with Crippen molar-refractivity contribution >= 4 is 6.29 Å². The van der Waals surface area contributed by atoms with Crippen LogP contribution in [0.1, 0.15) is 0 Å². The summed E-state index contributed by atoms with van der Waals surface area (Å²) >= 11 is 0. The molecule has 0 aliphatic rings. The van der Waals surface area contributed by atoms with Crippen LogP contribution in [-0.4, -0.2) is 25.1 Å². The third-order valence-corrected chi connectivity index (χ3v) is 0.644. The normalized spacial score (nSPS) is 11.0. The Labute approximate surface area is 47.6 Å². The standard InChI is InChI=1S/C5H8O3/c1-8-5(4-7)2-3-6/h2,4,6H,3H2,1H3/b5-2+. The first-order valence-electron chi connectivity index (χ1n) is 2.15. The number of methoxy groups -OCH3 is 1. The van der Waals surface area contributed by atoms with Crippen molar-refractivity contribution in [1.29, 1.82) is 0 Å². The van der Waals surface area contributed by atoms with Crippen LogP contribution >= 0.6 is 0 Å². The Bertz CT molecular complexity index is 95.8. The van der Waals surface area contributed by atoms with Gasteiger partial charge >= 0.3 is 0 Å². The van der Waals surface area contributed by atoms with Gasteiger partial charge in [0.2, 0.25) is 0 Å². The second-order valence-electron chi connectivity index (χ2n) is 1.11. The van der Waals surface area contributed by atoms with Crippen LogP contribution in [0.3, 0.4) is 0 Å². The molecule has 0 bridgehead atoms. The monoisotopic (exact) mass is 116 g/mol. The molecular formula is C5H8O3. The number of allylic oxidation sites excluding steroid dienone is 1. The molecule has 3 heteroatoms. The summed E-state index contributed by atoms with van der Waals surface area (Å²) in [5.74, 6) is 0.160. The molecule has 0 saturated carbocycles. The third kappa shape index (κ3) is 2.36. The summed E-state index contributed by atoms with van der Waals surface area (Å²) in [6.45, 7) is -0.165. The molecule has 0 atom stereocenters.